The van der Waals surface area contributed by atoms with Crippen molar-refractivity contribution in [1.29, 1.82) is 0 Å². The summed E-state index contributed by atoms with van der Waals surface area (Å²) >= 11 is 0. The average molecular weight is 167 g/mol. The molecule has 12 heavy (non-hydrogen) atoms. The Morgan fingerprint density at radius 1 is 1.58 bits per heavy atom. The highest BCUT2D eigenvalue weighted by atomic mass is 16.3. The maximum atomic E-state index is 9.46. The van der Waals surface area contributed by atoms with Crippen LogP contribution in [0.4, 0.5) is 0 Å². The molecule has 0 aliphatic carbocycles. The topological polar surface area (TPSA) is 71.2 Å². The van der Waals surface area contributed by atoms with Crippen LogP contribution < -0.4 is 0 Å². The molecule has 64 valence electrons. The molecule has 1 aliphatic rings. The minimum Gasteiger partial charge on any atom is -0.387 e. The molecule has 2 N–H and O–H groups in total. The Morgan fingerprint density at radius 2 is 2.33 bits per heavy atom. The number of aliphatic hydroxyl groups is 2. The van der Waals surface area contributed by atoms with Gasteiger partial charge in [0.15, 0.2) is 0 Å². The quantitative estimate of drug-likeness (QED) is 0.548. The average Bonchev–Trinajstić information content (AvgIpc) is 2.59. The monoisotopic (exact) mass is 167 g/mol. The lowest BCUT2D eigenvalue weighted by molar-refractivity contribution is 0.0205. The Hall–Kier alpha value is -1.20. The molecular formula is C7H9N3O2. The maximum absolute atomic E-state index is 9.46. The third kappa shape index (κ3) is 0.745. The van der Waals surface area contributed by atoms with Gasteiger partial charge in [-0.25, -0.2) is 4.68 Å². The fourth-order valence-corrected chi connectivity index (χ4v) is 1.44. The Labute approximate surface area is 68.9 Å². The van der Waals surface area contributed by atoms with Crippen molar-refractivity contribution in [2.24, 2.45) is 0 Å². The molecule has 1 aromatic heterocycles. The van der Waals surface area contributed by atoms with Crippen LogP contribution in [-0.4, -0.2) is 31.3 Å². The summed E-state index contributed by atoms with van der Waals surface area (Å²) in [5.41, 5.74) is 0.535. The Kier molecular flexibility index (Phi) is 1.49. The van der Waals surface area contributed by atoms with Gasteiger partial charge in [0.2, 0.25) is 0 Å². The molecule has 5 nitrogen and oxygen atoms in total. The number of hydrogen-bond donors (Lipinski definition) is 2. The van der Waals surface area contributed by atoms with E-state index in [0.29, 0.717) is 5.69 Å². The third-order valence-corrected chi connectivity index (χ3v) is 2.10. The van der Waals surface area contributed by atoms with Crippen molar-refractivity contribution in [3.05, 3.63) is 24.5 Å². The fourth-order valence-electron chi connectivity index (χ4n) is 1.44. The first kappa shape index (κ1) is 7.45. The SMILES string of the molecule is C=C[C@H]1[C@H](O)[C@H](O)c2cnnn21. The molecule has 0 amide bonds. The first-order valence-corrected chi connectivity index (χ1v) is 3.64. The molecule has 0 radical (unpaired) electrons. The van der Waals surface area contributed by atoms with E-state index in [1.54, 1.807) is 6.08 Å². The highest BCUT2D eigenvalue weighted by molar-refractivity contribution is 5.14. The zero-order valence-corrected chi connectivity index (χ0v) is 6.33. The van der Waals surface area contributed by atoms with Crippen LogP contribution in [0.15, 0.2) is 18.9 Å². The van der Waals surface area contributed by atoms with Crippen LogP contribution in [0.25, 0.3) is 0 Å². The first-order valence-electron chi connectivity index (χ1n) is 3.64. The van der Waals surface area contributed by atoms with E-state index in [9.17, 15) is 10.2 Å². The van der Waals surface area contributed by atoms with Crippen LogP contribution >= 0.6 is 0 Å². The van der Waals surface area contributed by atoms with Gasteiger partial charge in [-0.3, -0.25) is 0 Å². The van der Waals surface area contributed by atoms with Gasteiger partial charge in [-0.1, -0.05) is 11.3 Å². The second-order valence-corrected chi connectivity index (χ2v) is 2.77. The van der Waals surface area contributed by atoms with Crippen LogP contribution in [0, 0.1) is 0 Å². The van der Waals surface area contributed by atoms with Gasteiger partial charge in [0, 0.05) is 0 Å². The van der Waals surface area contributed by atoms with Gasteiger partial charge in [-0.05, 0) is 0 Å². The summed E-state index contributed by atoms with van der Waals surface area (Å²) in [6, 6.07) is -0.363. The van der Waals surface area contributed by atoms with E-state index in [-0.39, 0.29) is 6.04 Å². The van der Waals surface area contributed by atoms with Gasteiger partial charge in [0.25, 0.3) is 0 Å². The van der Waals surface area contributed by atoms with Crippen molar-refractivity contribution in [2.75, 3.05) is 0 Å². The number of aromatic nitrogens is 3. The van der Waals surface area contributed by atoms with E-state index in [0.717, 1.165) is 0 Å². The Balaban J connectivity index is 2.48. The van der Waals surface area contributed by atoms with Crippen LogP contribution in [0.2, 0.25) is 0 Å². The maximum Gasteiger partial charge on any atom is 0.125 e. The summed E-state index contributed by atoms with van der Waals surface area (Å²) in [5, 5.41) is 26.2. The first-order chi connectivity index (χ1) is 5.75. The van der Waals surface area contributed by atoms with Crippen molar-refractivity contribution in [1.82, 2.24) is 15.0 Å². The van der Waals surface area contributed by atoms with E-state index in [2.05, 4.69) is 16.9 Å². The molecule has 0 spiro atoms. The fraction of sp³-hybridized carbons (Fsp3) is 0.429. The zero-order chi connectivity index (χ0) is 8.72. The molecule has 5 heteroatoms. The minimum absolute atomic E-state index is 0.363. The second-order valence-electron chi connectivity index (χ2n) is 2.77. The molecule has 0 saturated carbocycles. The molecule has 3 atom stereocenters. The molecule has 0 saturated heterocycles. The predicted octanol–water partition coefficient (Wildman–Crippen LogP) is -0.587. The van der Waals surface area contributed by atoms with Crippen molar-refractivity contribution in [3.63, 3.8) is 0 Å². The summed E-state index contributed by atoms with van der Waals surface area (Å²) in [6.45, 7) is 3.55. The van der Waals surface area contributed by atoms with E-state index >= 15 is 0 Å². The van der Waals surface area contributed by atoms with Crippen LogP contribution in [0.5, 0.6) is 0 Å². The third-order valence-electron chi connectivity index (χ3n) is 2.10. The number of hydrogen-bond acceptors (Lipinski definition) is 4. The lowest BCUT2D eigenvalue weighted by Gasteiger charge is -2.11. The highest BCUT2D eigenvalue weighted by Gasteiger charge is 2.38. The number of nitrogens with zero attached hydrogens (tertiary/aromatic N) is 3. The van der Waals surface area contributed by atoms with Crippen molar-refractivity contribution < 1.29 is 10.2 Å². The van der Waals surface area contributed by atoms with E-state index in [1.807, 2.05) is 0 Å². The lowest BCUT2D eigenvalue weighted by Crippen LogP contribution is -2.19. The molecule has 0 fully saturated rings. The molecule has 0 aromatic carbocycles. The van der Waals surface area contributed by atoms with Crippen molar-refractivity contribution >= 4 is 0 Å². The van der Waals surface area contributed by atoms with Crippen LogP contribution in [0.1, 0.15) is 17.8 Å². The smallest absolute Gasteiger partial charge is 0.125 e. The van der Waals surface area contributed by atoms with Gasteiger partial charge in [0.05, 0.1) is 11.9 Å². The summed E-state index contributed by atoms with van der Waals surface area (Å²) in [7, 11) is 0. The molecule has 2 heterocycles. The second kappa shape index (κ2) is 2.40. The Morgan fingerprint density at radius 3 is 3.00 bits per heavy atom. The van der Waals surface area contributed by atoms with Crippen molar-refractivity contribution in [3.8, 4) is 0 Å². The standard InChI is InChI=1S/C7H9N3O2/c1-2-4-6(11)7(12)5-3-8-9-10(4)5/h2-4,6-7,11-12H,1H2/t4-,6-,7+/m0/s1. The summed E-state index contributed by atoms with van der Waals surface area (Å²) in [4.78, 5) is 0. The molecule has 1 aromatic rings. The number of rotatable bonds is 1. The van der Waals surface area contributed by atoms with Gasteiger partial charge in [-0.2, -0.15) is 0 Å². The summed E-state index contributed by atoms with van der Waals surface area (Å²) in [6.07, 6.45) is 1.23. The number of fused-ring (bicyclic) bond motifs is 1. The molecule has 1 aliphatic heterocycles. The zero-order valence-electron chi connectivity index (χ0n) is 6.33. The van der Waals surface area contributed by atoms with Gasteiger partial charge >= 0.3 is 0 Å². The predicted molar refractivity (Wildman–Crippen MR) is 40.2 cm³/mol. The van der Waals surface area contributed by atoms with E-state index in [4.69, 9.17) is 0 Å². The largest absolute Gasteiger partial charge is 0.387 e. The van der Waals surface area contributed by atoms with E-state index in [1.165, 1.54) is 10.9 Å². The minimum atomic E-state index is -0.900. The summed E-state index contributed by atoms with van der Waals surface area (Å²) < 4.78 is 1.47. The van der Waals surface area contributed by atoms with Crippen LogP contribution in [-0.2, 0) is 0 Å². The van der Waals surface area contributed by atoms with E-state index < -0.39 is 12.2 Å². The normalized spacial score (nSPS) is 33.3. The molecule has 2 rings (SSSR count). The van der Waals surface area contributed by atoms with Crippen molar-refractivity contribution in [2.45, 2.75) is 18.2 Å². The summed E-state index contributed by atoms with van der Waals surface area (Å²) in [5.74, 6) is 0. The molecular weight excluding hydrogens is 158 g/mol. The lowest BCUT2D eigenvalue weighted by atomic mass is 10.1. The van der Waals surface area contributed by atoms with Crippen LogP contribution in [0.3, 0.4) is 0 Å². The molecule has 0 unspecified atom stereocenters. The van der Waals surface area contributed by atoms with Gasteiger partial charge in [-0.15, -0.1) is 11.7 Å². The number of aliphatic hydroxyl groups excluding tert-OH is 2. The highest BCUT2D eigenvalue weighted by Crippen LogP contribution is 2.33. The van der Waals surface area contributed by atoms with Gasteiger partial charge in [0.1, 0.15) is 18.2 Å². The molecule has 0 bridgehead atoms. The van der Waals surface area contributed by atoms with Gasteiger partial charge < -0.3 is 10.2 Å². The Bertz CT molecular complexity index is 309.